The molecule has 0 aliphatic carbocycles. The number of carbonyl (C=O) groups is 2. The van der Waals surface area contributed by atoms with Gasteiger partial charge in [-0.3, -0.25) is 9.20 Å². The van der Waals surface area contributed by atoms with Crippen LogP contribution >= 0.6 is 0 Å². The first kappa shape index (κ1) is 9.39. The molecule has 15 heavy (non-hydrogen) atoms. The first-order valence-corrected chi connectivity index (χ1v) is 4.27. The van der Waals surface area contributed by atoms with Crippen LogP contribution in [0.5, 0.6) is 0 Å². The number of carbonyl (C=O) groups excluding carboxylic acids is 2. The van der Waals surface area contributed by atoms with E-state index < -0.39 is 5.97 Å². The highest BCUT2D eigenvalue weighted by Crippen LogP contribution is 2.09. The van der Waals surface area contributed by atoms with Gasteiger partial charge in [0.2, 0.25) is 0 Å². The van der Waals surface area contributed by atoms with E-state index >= 15 is 0 Å². The number of ether oxygens (including phenoxy) is 1. The number of nitrogens with zero attached hydrogens (tertiary/aromatic N) is 2. The quantitative estimate of drug-likeness (QED) is 0.539. The zero-order valence-corrected chi connectivity index (χ0v) is 8.01. The molecule has 76 valence electrons. The van der Waals surface area contributed by atoms with Gasteiger partial charge in [0.15, 0.2) is 6.29 Å². The molecule has 0 N–H and O–H groups in total. The second-order valence-corrected chi connectivity index (χ2v) is 2.94. The van der Waals surface area contributed by atoms with Crippen molar-refractivity contribution in [2.24, 2.45) is 0 Å². The van der Waals surface area contributed by atoms with Crippen LogP contribution in [0.1, 0.15) is 20.8 Å². The van der Waals surface area contributed by atoms with Crippen LogP contribution in [-0.4, -0.2) is 28.7 Å². The van der Waals surface area contributed by atoms with Gasteiger partial charge in [0.05, 0.1) is 18.9 Å². The van der Waals surface area contributed by atoms with Gasteiger partial charge in [-0.15, -0.1) is 0 Å². The van der Waals surface area contributed by atoms with Crippen molar-refractivity contribution in [3.8, 4) is 0 Å². The van der Waals surface area contributed by atoms with Gasteiger partial charge in [0.1, 0.15) is 11.3 Å². The van der Waals surface area contributed by atoms with Gasteiger partial charge in [-0.25, -0.2) is 9.78 Å². The second kappa shape index (κ2) is 3.53. The number of rotatable bonds is 2. The summed E-state index contributed by atoms with van der Waals surface area (Å²) >= 11 is 0. The predicted molar refractivity (Wildman–Crippen MR) is 51.9 cm³/mol. The van der Waals surface area contributed by atoms with E-state index in [1.165, 1.54) is 13.3 Å². The highest BCUT2D eigenvalue weighted by molar-refractivity contribution is 5.90. The molecule has 0 bridgehead atoms. The minimum absolute atomic E-state index is 0.410. The fourth-order valence-electron chi connectivity index (χ4n) is 1.33. The van der Waals surface area contributed by atoms with E-state index in [1.807, 2.05) is 0 Å². The number of pyridine rings is 1. The number of hydrogen-bond acceptors (Lipinski definition) is 4. The molecule has 5 nitrogen and oxygen atoms in total. The van der Waals surface area contributed by atoms with Crippen LogP contribution in [0.15, 0.2) is 24.5 Å². The normalized spacial score (nSPS) is 10.2. The lowest BCUT2D eigenvalue weighted by Crippen LogP contribution is -2.02. The number of methoxy groups -OCH3 is 1. The molecule has 2 aromatic heterocycles. The smallest absolute Gasteiger partial charge is 0.338 e. The van der Waals surface area contributed by atoms with Gasteiger partial charge in [0, 0.05) is 6.20 Å². The van der Waals surface area contributed by atoms with Crippen molar-refractivity contribution in [1.82, 2.24) is 9.38 Å². The summed E-state index contributed by atoms with van der Waals surface area (Å²) in [6, 6.07) is 3.15. The standard InChI is InChI=1S/C10H8N2O3/c1-15-10(14)7-2-3-12-8(6-13)5-11-9(12)4-7/h2-6H,1H3. The van der Waals surface area contributed by atoms with E-state index in [2.05, 4.69) is 9.72 Å². The average Bonchev–Trinajstić information content (AvgIpc) is 2.69. The third kappa shape index (κ3) is 1.48. The maximum Gasteiger partial charge on any atom is 0.338 e. The fraction of sp³-hybridized carbons (Fsp3) is 0.100. The Labute approximate surface area is 85.3 Å². The number of imidazole rings is 1. The molecule has 0 aliphatic heterocycles. The molecular formula is C10H8N2O3. The summed E-state index contributed by atoms with van der Waals surface area (Å²) < 4.78 is 6.17. The molecule has 2 rings (SSSR count). The van der Waals surface area contributed by atoms with Gasteiger partial charge in [-0.2, -0.15) is 0 Å². The first-order valence-electron chi connectivity index (χ1n) is 4.27. The summed E-state index contributed by atoms with van der Waals surface area (Å²) in [7, 11) is 1.31. The lowest BCUT2D eigenvalue weighted by atomic mass is 10.2. The predicted octanol–water partition coefficient (Wildman–Crippen LogP) is 0.933. The van der Waals surface area contributed by atoms with Gasteiger partial charge < -0.3 is 4.74 Å². The largest absolute Gasteiger partial charge is 0.465 e. The molecule has 0 saturated carbocycles. The lowest BCUT2D eigenvalue weighted by molar-refractivity contribution is 0.0600. The third-order valence-electron chi connectivity index (χ3n) is 2.08. The maximum absolute atomic E-state index is 11.2. The maximum atomic E-state index is 11.2. The van der Waals surface area contributed by atoms with Crippen molar-refractivity contribution >= 4 is 17.9 Å². The van der Waals surface area contributed by atoms with Crippen LogP contribution < -0.4 is 0 Å². The van der Waals surface area contributed by atoms with Crippen LogP contribution in [0.2, 0.25) is 0 Å². The summed E-state index contributed by atoms with van der Waals surface area (Å²) in [4.78, 5) is 25.8. The number of hydrogen-bond donors (Lipinski definition) is 0. The molecule has 2 aromatic rings. The Bertz CT molecular complexity index is 530. The van der Waals surface area contributed by atoms with Gasteiger partial charge in [-0.05, 0) is 12.1 Å². The summed E-state index contributed by atoms with van der Waals surface area (Å²) in [6.45, 7) is 0. The van der Waals surface area contributed by atoms with Crippen molar-refractivity contribution < 1.29 is 14.3 Å². The first-order chi connectivity index (χ1) is 7.26. The number of esters is 1. The van der Waals surface area contributed by atoms with E-state index in [9.17, 15) is 9.59 Å². The zero-order chi connectivity index (χ0) is 10.8. The molecule has 0 radical (unpaired) electrons. The summed E-state index contributed by atoms with van der Waals surface area (Å²) in [5, 5.41) is 0. The van der Waals surface area contributed by atoms with Crippen LogP contribution in [-0.2, 0) is 4.74 Å². The summed E-state index contributed by atoms with van der Waals surface area (Å²) in [6.07, 6.45) is 3.76. The van der Waals surface area contributed by atoms with Crippen LogP contribution in [0, 0.1) is 0 Å². The zero-order valence-electron chi connectivity index (χ0n) is 8.01. The molecule has 0 aliphatic rings. The average molecular weight is 204 g/mol. The minimum atomic E-state index is -0.423. The van der Waals surface area contributed by atoms with E-state index in [0.29, 0.717) is 23.2 Å². The summed E-state index contributed by atoms with van der Waals surface area (Å²) in [5.74, 6) is -0.423. The van der Waals surface area contributed by atoms with Gasteiger partial charge in [0.25, 0.3) is 0 Å². The van der Waals surface area contributed by atoms with Crippen LogP contribution in [0.25, 0.3) is 5.65 Å². The lowest BCUT2D eigenvalue weighted by Gasteiger charge is -1.99. The molecule has 2 heterocycles. The monoisotopic (exact) mass is 204 g/mol. The minimum Gasteiger partial charge on any atom is -0.465 e. The Morgan fingerprint density at radius 1 is 1.60 bits per heavy atom. The Kier molecular flexibility index (Phi) is 2.21. The van der Waals surface area contributed by atoms with Crippen molar-refractivity contribution in [1.29, 1.82) is 0 Å². The Morgan fingerprint density at radius 2 is 2.40 bits per heavy atom. The third-order valence-corrected chi connectivity index (χ3v) is 2.08. The summed E-state index contributed by atoms with van der Waals surface area (Å²) in [5.41, 5.74) is 1.40. The molecule has 5 heteroatoms. The fourth-order valence-corrected chi connectivity index (χ4v) is 1.33. The van der Waals surface area contributed by atoms with Crippen molar-refractivity contribution in [3.63, 3.8) is 0 Å². The molecule has 0 unspecified atom stereocenters. The number of aldehydes is 1. The SMILES string of the molecule is COC(=O)c1ccn2c(C=O)cnc2c1. The van der Waals surface area contributed by atoms with E-state index in [1.54, 1.807) is 22.7 Å². The molecular weight excluding hydrogens is 196 g/mol. The number of fused-ring (bicyclic) bond motifs is 1. The second-order valence-electron chi connectivity index (χ2n) is 2.94. The Morgan fingerprint density at radius 3 is 3.07 bits per heavy atom. The van der Waals surface area contributed by atoms with E-state index in [-0.39, 0.29) is 0 Å². The van der Waals surface area contributed by atoms with Crippen molar-refractivity contribution in [2.75, 3.05) is 7.11 Å². The highest BCUT2D eigenvalue weighted by atomic mass is 16.5. The molecule has 0 saturated heterocycles. The Balaban J connectivity index is 2.58. The molecule has 0 fully saturated rings. The van der Waals surface area contributed by atoms with E-state index in [4.69, 9.17) is 0 Å². The van der Waals surface area contributed by atoms with E-state index in [0.717, 1.165) is 0 Å². The number of aromatic nitrogens is 2. The van der Waals surface area contributed by atoms with Crippen molar-refractivity contribution in [2.45, 2.75) is 0 Å². The van der Waals surface area contributed by atoms with Crippen molar-refractivity contribution in [3.05, 3.63) is 35.8 Å². The van der Waals surface area contributed by atoms with Gasteiger partial charge >= 0.3 is 5.97 Å². The Hall–Kier alpha value is -2.17. The van der Waals surface area contributed by atoms with Crippen LogP contribution in [0.4, 0.5) is 0 Å². The molecule has 0 spiro atoms. The molecule has 0 aromatic carbocycles. The van der Waals surface area contributed by atoms with Crippen LogP contribution in [0.3, 0.4) is 0 Å². The molecule has 0 atom stereocenters. The molecule has 0 amide bonds. The highest BCUT2D eigenvalue weighted by Gasteiger charge is 2.08. The van der Waals surface area contributed by atoms with Gasteiger partial charge in [-0.1, -0.05) is 0 Å². The topological polar surface area (TPSA) is 60.7 Å².